The maximum atomic E-state index is 11.7. The molecular weight excluding hydrogens is 714 g/mol. The monoisotopic (exact) mass is 740 g/mol. The van der Waals surface area contributed by atoms with E-state index in [1.54, 1.807) is 27.7 Å². The number of hydrogen-bond donors (Lipinski definition) is 0. The molecule has 41 heavy (non-hydrogen) atoms. The summed E-state index contributed by atoms with van der Waals surface area (Å²) in [4.78, 5) is 45.6. The van der Waals surface area contributed by atoms with Crippen LogP contribution in [0.15, 0.2) is 46.2 Å². The molecule has 0 aliphatic heterocycles. The first-order chi connectivity index (χ1) is 18.6. The zero-order chi connectivity index (χ0) is 30.7. The molecule has 0 saturated carbocycles. The van der Waals surface area contributed by atoms with Gasteiger partial charge in [-0.3, -0.25) is 0 Å². The Morgan fingerprint density at radius 2 is 0.780 bits per heavy atom. The number of ether oxygens (including phenoxy) is 4. The van der Waals surface area contributed by atoms with Crippen molar-refractivity contribution in [2.24, 2.45) is 0 Å². The molecule has 0 amide bonds. The van der Waals surface area contributed by atoms with Crippen molar-refractivity contribution in [2.45, 2.75) is 37.5 Å². The summed E-state index contributed by atoms with van der Waals surface area (Å²) in [5.41, 5.74) is -0.945. The van der Waals surface area contributed by atoms with E-state index >= 15 is 0 Å². The van der Waals surface area contributed by atoms with Crippen LogP contribution in [-0.2, 0) is 39.2 Å². The second-order valence-corrected chi connectivity index (χ2v) is 9.96. The van der Waals surface area contributed by atoms with Crippen LogP contribution < -0.4 is 0 Å². The smallest absolute Gasteiger partial charge is 0.744 e. The molecule has 0 spiro atoms. The van der Waals surface area contributed by atoms with Crippen LogP contribution in [0.3, 0.4) is 0 Å². The molecule has 14 nitrogen and oxygen atoms in total. The summed E-state index contributed by atoms with van der Waals surface area (Å²) in [6.45, 7) is 6.51. The molecule has 0 atom stereocenters. The van der Waals surface area contributed by atoms with Crippen LogP contribution in [-0.4, -0.2) is 125 Å². The molecule has 0 unspecified atom stereocenters. The van der Waals surface area contributed by atoms with Gasteiger partial charge in [0, 0.05) is 0 Å². The molecule has 0 aliphatic carbocycles. The van der Waals surface area contributed by atoms with E-state index in [1.807, 2.05) is 0 Å². The van der Waals surface area contributed by atoms with E-state index in [2.05, 4.69) is 0 Å². The fraction of sp³-hybridized carbons (Fsp3) is 0.333. The Labute approximate surface area is 277 Å². The summed E-state index contributed by atoms with van der Waals surface area (Å²) >= 11 is 0. The third kappa shape index (κ3) is 11.8. The SMILES string of the molecule is CCOC(=O)c1ccc(S(=O)(=O)[O-])cc1C(=O)OCC.CCOC(=O)c1ccc(S(=O)(=O)[O-])cc1C(=O)OCC.[Ba+2]. The fourth-order valence-corrected chi connectivity index (χ4v) is 3.88. The molecule has 0 N–H and O–H groups in total. The molecule has 2 aromatic carbocycles. The van der Waals surface area contributed by atoms with Gasteiger partial charge in [0.05, 0.1) is 58.5 Å². The number of rotatable bonds is 10. The van der Waals surface area contributed by atoms with Crippen molar-refractivity contribution in [1.82, 2.24) is 0 Å². The minimum atomic E-state index is -4.74. The Bertz CT molecular complexity index is 1360. The van der Waals surface area contributed by atoms with E-state index in [0.717, 1.165) is 36.4 Å². The topological polar surface area (TPSA) is 220 Å². The summed E-state index contributed by atoms with van der Waals surface area (Å²) in [6.07, 6.45) is 0. The fourth-order valence-electron chi connectivity index (χ4n) is 2.89. The Morgan fingerprint density at radius 1 is 0.537 bits per heavy atom. The molecular formula is C24H26BaO14S2. The van der Waals surface area contributed by atoms with Crippen LogP contribution in [0, 0.1) is 0 Å². The van der Waals surface area contributed by atoms with Gasteiger partial charge in [0.25, 0.3) is 0 Å². The summed E-state index contributed by atoms with van der Waals surface area (Å²) in [5.74, 6) is -3.40. The van der Waals surface area contributed by atoms with Gasteiger partial charge >= 0.3 is 72.8 Å². The zero-order valence-electron chi connectivity index (χ0n) is 22.5. The largest absolute Gasteiger partial charge is 2.00 e. The van der Waals surface area contributed by atoms with Crippen molar-refractivity contribution in [3.8, 4) is 0 Å². The standard InChI is InChI=1S/2C12H14O7S.Ba/c2*1-3-18-11(13)9-6-5-8(20(15,16)17)7-10(9)12(14)19-4-2;/h2*5-7H,3-4H2,1-2H3,(H,15,16,17);/q;;+2/p-2. The Kier molecular flexibility index (Phi) is 16.6. The van der Waals surface area contributed by atoms with Crippen LogP contribution in [0.5, 0.6) is 0 Å². The maximum Gasteiger partial charge on any atom is 2.00 e. The first-order valence-electron chi connectivity index (χ1n) is 11.5. The van der Waals surface area contributed by atoms with Crippen molar-refractivity contribution < 1.29 is 64.1 Å². The number of carbonyl (C=O) groups excluding carboxylic acids is 4. The van der Waals surface area contributed by atoms with Crippen molar-refractivity contribution >= 4 is 93.0 Å². The van der Waals surface area contributed by atoms with Crippen molar-refractivity contribution in [3.05, 3.63) is 58.7 Å². The molecule has 2 aromatic rings. The zero-order valence-corrected chi connectivity index (χ0v) is 28.6. The number of esters is 4. The summed E-state index contributed by atoms with van der Waals surface area (Å²) in [7, 11) is -9.48. The van der Waals surface area contributed by atoms with E-state index < -0.39 is 53.9 Å². The van der Waals surface area contributed by atoms with Gasteiger partial charge in [-0.05, 0) is 64.1 Å². The summed E-state index contributed by atoms with van der Waals surface area (Å²) in [6, 6.07) is 5.61. The average molecular weight is 740 g/mol. The predicted octanol–water partition coefficient (Wildman–Crippen LogP) is 1.51. The van der Waals surface area contributed by atoms with Crippen LogP contribution in [0.2, 0.25) is 0 Å². The molecule has 2 rings (SSSR count). The maximum absolute atomic E-state index is 11.7. The molecule has 0 saturated heterocycles. The van der Waals surface area contributed by atoms with Gasteiger partial charge in [-0.1, -0.05) is 0 Å². The predicted molar refractivity (Wildman–Crippen MR) is 138 cm³/mol. The molecule has 0 heterocycles. The van der Waals surface area contributed by atoms with Crippen LogP contribution in [0.25, 0.3) is 0 Å². The second-order valence-electron chi connectivity index (χ2n) is 7.20. The Morgan fingerprint density at radius 3 is 1.00 bits per heavy atom. The molecule has 0 aliphatic rings. The van der Waals surface area contributed by atoms with Gasteiger partial charge in [0.2, 0.25) is 0 Å². The summed E-state index contributed by atoms with van der Waals surface area (Å²) < 4.78 is 84.6. The molecule has 0 bridgehead atoms. The van der Waals surface area contributed by atoms with E-state index in [-0.39, 0.29) is 97.6 Å². The molecule has 17 heteroatoms. The van der Waals surface area contributed by atoms with E-state index in [9.17, 15) is 45.1 Å². The quantitative estimate of drug-likeness (QED) is 0.146. The summed E-state index contributed by atoms with van der Waals surface area (Å²) in [5, 5.41) is 0. The van der Waals surface area contributed by atoms with Crippen molar-refractivity contribution in [2.75, 3.05) is 26.4 Å². The van der Waals surface area contributed by atoms with Crippen LogP contribution in [0.1, 0.15) is 69.1 Å². The van der Waals surface area contributed by atoms with Gasteiger partial charge in [-0.15, -0.1) is 0 Å². The average Bonchev–Trinajstić information content (AvgIpc) is 2.88. The van der Waals surface area contributed by atoms with E-state index in [0.29, 0.717) is 0 Å². The van der Waals surface area contributed by atoms with E-state index in [1.165, 1.54) is 0 Å². The third-order valence-electron chi connectivity index (χ3n) is 4.54. The van der Waals surface area contributed by atoms with Gasteiger partial charge in [0.1, 0.15) is 20.2 Å². The van der Waals surface area contributed by atoms with Crippen LogP contribution >= 0.6 is 0 Å². The van der Waals surface area contributed by atoms with Crippen molar-refractivity contribution in [1.29, 1.82) is 0 Å². The second kappa shape index (κ2) is 17.6. The Balaban J connectivity index is 0.000000762. The molecule has 0 aromatic heterocycles. The van der Waals surface area contributed by atoms with Gasteiger partial charge in [-0.2, -0.15) is 0 Å². The minimum absolute atomic E-state index is 0. The van der Waals surface area contributed by atoms with Crippen molar-refractivity contribution in [3.63, 3.8) is 0 Å². The first-order valence-corrected chi connectivity index (χ1v) is 14.3. The number of benzene rings is 2. The normalized spacial score (nSPS) is 10.7. The van der Waals surface area contributed by atoms with Gasteiger partial charge in [-0.25, -0.2) is 36.0 Å². The van der Waals surface area contributed by atoms with Crippen LogP contribution in [0.4, 0.5) is 0 Å². The minimum Gasteiger partial charge on any atom is -0.744 e. The van der Waals surface area contributed by atoms with Gasteiger partial charge < -0.3 is 28.1 Å². The Hall–Kier alpha value is -2.29. The van der Waals surface area contributed by atoms with E-state index in [4.69, 9.17) is 18.9 Å². The number of hydrogen-bond acceptors (Lipinski definition) is 14. The number of carbonyl (C=O) groups is 4. The van der Waals surface area contributed by atoms with Gasteiger partial charge in [0.15, 0.2) is 0 Å². The molecule has 0 fully saturated rings. The third-order valence-corrected chi connectivity index (χ3v) is 6.20. The first kappa shape index (κ1) is 38.7. The molecule has 0 radical (unpaired) electrons. The molecule has 220 valence electrons.